The topological polar surface area (TPSA) is 58.6 Å². The number of nitrogens with zero attached hydrogens (tertiary/aromatic N) is 3. The number of ether oxygens (including phenoxy) is 3. The molecule has 2 aromatic rings. The van der Waals surface area contributed by atoms with E-state index in [2.05, 4.69) is 22.0 Å². The molecule has 0 amide bonds. The molecule has 2 aromatic carbocycles. The maximum absolute atomic E-state index is 13.1. The lowest BCUT2D eigenvalue weighted by molar-refractivity contribution is 0.172. The molecule has 7 nitrogen and oxygen atoms in total. The molecule has 0 spiro atoms. The Balaban J connectivity index is 1.61. The van der Waals surface area contributed by atoms with Crippen LogP contribution in [0.3, 0.4) is 0 Å². The van der Waals surface area contributed by atoms with E-state index in [9.17, 15) is 4.39 Å². The Bertz CT molecular complexity index is 872. The first-order chi connectivity index (χ1) is 15.6. The molecule has 0 radical (unpaired) electrons. The molecule has 0 aromatic heterocycles. The molecule has 1 N–H and O–H groups in total. The molecule has 174 valence electrons. The van der Waals surface area contributed by atoms with Gasteiger partial charge in [0, 0.05) is 39.3 Å². The highest BCUT2D eigenvalue weighted by Gasteiger charge is 2.21. The van der Waals surface area contributed by atoms with Crippen molar-refractivity contribution in [3.05, 3.63) is 53.3 Å². The van der Waals surface area contributed by atoms with Gasteiger partial charge in [-0.05, 0) is 42.3 Å². The maximum Gasteiger partial charge on any atom is 0.203 e. The monoisotopic (exact) mass is 444 g/mol. The second-order valence-electron chi connectivity index (χ2n) is 7.59. The maximum atomic E-state index is 13.1. The summed E-state index contributed by atoms with van der Waals surface area (Å²) in [4.78, 5) is 9.43. The van der Waals surface area contributed by atoms with Crippen molar-refractivity contribution < 1.29 is 18.6 Å². The van der Waals surface area contributed by atoms with E-state index in [-0.39, 0.29) is 5.82 Å². The van der Waals surface area contributed by atoms with Gasteiger partial charge in [-0.3, -0.25) is 4.90 Å². The first kappa shape index (κ1) is 23.7. The number of benzene rings is 2. The number of guanidine groups is 1. The minimum absolute atomic E-state index is 0.229. The van der Waals surface area contributed by atoms with Gasteiger partial charge in [0.05, 0.1) is 27.9 Å². The molecule has 1 heterocycles. The van der Waals surface area contributed by atoms with Gasteiger partial charge >= 0.3 is 0 Å². The largest absolute Gasteiger partial charge is 0.493 e. The van der Waals surface area contributed by atoms with Crippen LogP contribution >= 0.6 is 0 Å². The Morgan fingerprint density at radius 1 is 0.938 bits per heavy atom. The minimum Gasteiger partial charge on any atom is -0.493 e. The SMILES string of the molecule is CCNC(=NCc1ccc(F)cc1)N1CCN(Cc2cc(OC)c(OC)c(OC)c2)CC1. The summed E-state index contributed by atoms with van der Waals surface area (Å²) in [5.41, 5.74) is 2.10. The predicted octanol–water partition coefficient (Wildman–Crippen LogP) is 3.13. The van der Waals surface area contributed by atoms with Crippen molar-refractivity contribution in [2.24, 2.45) is 4.99 Å². The zero-order valence-corrected chi connectivity index (χ0v) is 19.4. The average Bonchev–Trinajstić information content (AvgIpc) is 2.82. The summed E-state index contributed by atoms with van der Waals surface area (Å²) in [7, 11) is 4.87. The Morgan fingerprint density at radius 2 is 1.56 bits per heavy atom. The van der Waals surface area contributed by atoms with Crippen molar-refractivity contribution in [3.8, 4) is 17.2 Å². The quantitative estimate of drug-likeness (QED) is 0.499. The number of rotatable bonds is 8. The third-order valence-electron chi connectivity index (χ3n) is 5.46. The number of hydrogen-bond acceptors (Lipinski definition) is 5. The van der Waals surface area contributed by atoms with E-state index in [4.69, 9.17) is 19.2 Å². The van der Waals surface area contributed by atoms with E-state index in [1.54, 1.807) is 33.5 Å². The van der Waals surface area contributed by atoms with Gasteiger partial charge in [0.1, 0.15) is 5.82 Å². The molecule has 32 heavy (non-hydrogen) atoms. The molecule has 0 unspecified atom stereocenters. The van der Waals surface area contributed by atoms with Gasteiger partial charge in [-0.25, -0.2) is 9.38 Å². The van der Waals surface area contributed by atoms with E-state index >= 15 is 0 Å². The third-order valence-corrected chi connectivity index (χ3v) is 5.46. The van der Waals surface area contributed by atoms with E-state index < -0.39 is 0 Å². The summed E-state index contributed by atoms with van der Waals surface area (Å²) < 4.78 is 29.5. The first-order valence-corrected chi connectivity index (χ1v) is 10.9. The van der Waals surface area contributed by atoms with Gasteiger partial charge in [-0.15, -0.1) is 0 Å². The van der Waals surface area contributed by atoms with Crippen molar-refractivity contribution in [2.75, 3.05) is 54.1 Å². The Kier molecular flexibility index (Phi) is 8.56. The normalized spacial score (nSPS) is 14.9. The highest BCUT2D eigenvalue weighted by molar-refractivity contribution is 5.80. The molecule has 0 aliphatic carbocycles. The van der Waals surface area contributed by atoms with E-state index in [1.165, 1.54) is 12.1 Å². The van der Waals surface area contributed by atoms with Crippen LogP contribution in [0.4, 0.5) is 4.39 Å². The van der Waals surface area contributed by atoms with Crippen LogP contribution in [0.1, 0.15) is 18.1 Å². The Hall–Kier alpha value is -3.00. The van der Waals surface area contributed by atoms with Crippen LogP contribution in [0.5, 0.6) is 17.2 Å². The van der Waals surface area contributed by atoms with Crippen molar-refractivity contribution in [1.29, 1.82) is 0 Å². The Morgan fingerprint density at radius 3 is 2.09 bits per heavy atom. The summed E-state index contributed by atoms with van der Waals surface area (Å²) >= 11 is 0. The zero-order chi connectivity index (χ0) is 22.9. The minimum atomic E-state index is -0.229. The highest BCUT2D eigenvalue weighted by Crippen LogP contribution is 2.38. The highest BCUT2D eigenvalue weighted by atomic mass is 19.1. The van der Waals surface area contributed by atoms with E-state index in [0.717, 1.165) is 56.4 Å². The zero-order valence-electron chi connectivity index (χ0n) is 19.4. The average molecular weight is 445 g/mol. The number of methoxy groups -OCH3 is 3. The smallest absolute Gasteiger partial charge is 0.203 e. The fourth-order valence-corrected chi connectivity index (χ4v) is 3.78. The molecular weight excluding hydrogens is 411 g/mol. The fraction of sp³-hybridized carbons (Fsp3) is 0.458. The number of piperazine rings is 1. The second kappa shape index (κ2) is 11.6. The number of aliphatic imine (C=N–C) groups is 1. The fourth-order valence-electron chi connectivity index (χ4n) is 3.78. The van der Waals surface area contributed by atoms with Gasteiger partial charge in [0.2, 0.25) is 5.75 Å². The van der Waals surface area contributed by atoms with Crippen LogP contribution in [0.15, 0.2) is 41.4 Å². The summed E-state index contributed by atoms with van der Waals surface area (Å²) in [5.74, 6) is 2.61. The van der Waals surface area contributed by atoms with Crippen molar-refractivity contribution in [3.63, 3.8) is 0 Å². The van der Waals surface area contributed by atoms with Crippen LogP contribution < -0.4 is 19.5 Å². The van der Waals surface area contributed by atoms with Gasteiger partial charge in [-0.2, -0.15) is 0 Å². The van der Waals surface area contributed by atoms with Crippen LogP contribution in [-0.4, -0.2) is 69.8 Å². The van der Waals surface area contributed by atoms with Crippen molar-refractivity contribution in [1.82, 2.24) is 15.1 Å². The lowest BCUT2D eigenvalue weighted by Gasteiger charge is -2.36. The van der Waals surface area contributed by atoms with Crippen LogP contribution in [0.25, 0.3) is 0 Å². The number of halogens is 1. The van der Waals surface area contributed by atoms with Crippen molar-refractivity contribution >= 4 is 5.96 Å². The number of nitrogens with one attached hydrogen (secondary N) is 1. The van der Waals surface area contributed by atoms with Gasteiger partial charge in [0.15, 0.2) is 17.5 Å². The first-order valence-electron chi connectivity index (χ1n) is 10.9. The molecule has 1 aliphatic rings. The van der Waals surface area contributed by atoms with Gasteiger partial charge in [0.25, 0.3) is 0 Å². The van der Waals surface area contributed by atoms with Crippen LogP contribution in [-0.2, 0) is 13.1 Å². The molecule has 0 atom stereocenters. The standard InChI is InChI=1S/C24H33FN4O3/c1-5-26-24(27-16-18-6-8-20(25)9-7-18)29-12-10-28(11-13-29)17-19-14-21(30-2)23(32-4)22(15-19)31-3/h6-9,14-15H,5,10-13,16-17H2,1-4H3,(H,26,27). The van der Waals surface area contributed by atoms with Crippen LogP contribution in [0, 0.1) is 5.82 Å². The van der Waals surface area contributed by atoms with Crippen molar-refractivity contribution in [2.45, 2.75) is 20.0 Å². The molecule has 1 saturated heterocycles. The third kappa shape index (κ3) is 6.03. The summed E-state index contributed by atoms with van der Waals surface area (Å²) in [6, 6.07) is 10.5. The number of hydrogen-bond donors (Lipinski definition) is 1. The van der Waals surface area contributed by atoms with E-state index in [1.807, 2.05) is 12.1 Å². The van der Waals surface area contributed by atoms with E-state index in [0.29, 0.717) is 23.8 Å². The summed E-state index contributed by atoms with van der Waals surface area (Å²) in [6.45, 7) is 7.76. The summed E-state index contributed by atoms with van der Waals surface area (Å²) in [5, 5.41) is 3.38. The molecule has 8 heteroatoms. The summed E-state index contributed by atoms with van der Waals surface area (Å²) in [6.07, 6.45) is 0. The van der Waals surface area contributed by atoms with Gasteiger partial charge in [-0.1, -0.05) is 12.1 Å². The molecular formula is C24H33FN4O3. The predicted molar refractivity (Wildman–Crippen MR) is 124 cm³/mol. The lowest BCUT2D eigenvalue weighted by Crippen LogP contribution is -2.52. The molecule has 3 rings (SSSR count). The second-order valence-corrected chi connectivity index (χ2v) is 7.59. The lowest BCUT2D eigenvalue weighted by atomic mass is 10.1. The molecule has 0 saturated carbocycles. The molecule has 0 bridgehead atoms. The van der Waals surface area contributed by atoms with Crippen LogP contribution in [0.2, 0.25) is 0 Å². The molecule has 1 fully saturated rings. The molecule has 1 aliphatic heterocycles. The Labute approximate surface area is 189 Å². The van der Waals surface area contributed by atoms with Gasteiger partial charge < -0.3 is 24.4 Å².